The van der Waals surface area contributed by atoms with Crippen molar-refractivity contribution < 1.29 is 4.74 Å². The van der Waals surface area contributed by atoms with E-state index in [0.29, 0.717) is 0 Å². The Bertz CT molecular complexity index is 224. The molecule has 1 saturated heterocycles. The Morgan fingerprint density at radius 2 is 2.00 bits per heavy atom. The van der Waals surface area contributed by atoms with Crippen molar-refractivity contribution in [2.45, 2.75) is 12.8 Å². The molecule has 0 spiro atoms. The van der Waals surface area contributed by atoms with E-state index in [2.05, 4.69) is 12.2 Å². The molecule has 0 aromatic heterocycles. The van der Waals surface area contributed by atoms with Crippen molar-refractivity contribution in [3.8, 4) is 0 Å². The molecule has 58 valence electrons. The average Bonchev–Trinajstić information content (AvgIpc) is 2.77. The second-order valence-corrected chi connectivity index (χ2v) is 3.75. The van der Waals surface area contributed by atoms with Gasteiger partial charge in [0.1, 0.15) is 0 Å². The number of hydrogen-bond acceptors (Lipinski definition) is 1. The minimum atomic E-state index is 0.870. The number of allylic oxidation sites excluding steroid dienone is 2. The van der Waals surface area contributed by atoms with Crippen molar-refractivity contribution in [3.05, 3.63) is 23.3 Å². The first kappa shape index (κ1) is 6.01. The van der Waals surface area contributed by atoms with Gasteiger partial charge in [-0.05, 0) is 35.8 Å². The Morgan fingerprint density at radius 1 is 1.18 bits per heavy atom. The van der Waals surface area contributed by atoms with Gasteiger partial charge in [0.15, 0.2) is 0 Å². The highest BCUT2D eigenvalue weighted by Crippen LogP contribution is 2.47. The van der Waals surface area contributed by atoms with Crippen LogP contribution < -0.4 is 0 Å². The normalized spacial score (nSPS) is 40.0. The van der Waals surface area contributed by atoms with Crippen LogP contribution in [0.1, 0.15) is 12.8 Å². The van der Waals surface area contributed by atoms with Crippen LogP contribution in [0.5, 0.6) is 0 Å². The van der Waals surface area contributed by atoms with Crippen molar-refractivity contribution in [2.24, 2.45) is 11.8 Å². The van der Waals surface area contributed by atoms with Crippen LogP contribution in [0.25, 0.3) is 0 Å². The van der Waals surface area contributed by atoms with Gasteiger partial charge in [0, 0.05) is 0 Å². The number of fused-ring (bicyclic) bond motifs is 2. The van der Waals surface area contributed by atoms with Gasteiger partial charge < -0.3 is 4.74 Å². The smallest absolute Gasteiger partial charge is 0.0716 e. The first-order valence-electron chi connectivity index (χ1n) is 4.43. The molecule has 0 amide bonds. The number of ether oxygens (including phenoxy) is 1. The molecule has 2 unspecified atom stereocenters. The van der Waals surface area contributed by atoms with Gasteiger partial charge in [-0.3, -0.25) is 0 Å². The zero-order chi connectivity index (χ0) is 7.26. The molecule has 3 rings (SSSR count). The number of hydrogen-bond donors (Lipinski definition) is 0. The lowest BCUT2D eigenvalue weighted by Crippen LogP contribution is -2.13. The van der Waals surface area contributed by atoms with E-state index in [4.69, 9.17) is 4.74 Å². The van der Waals surface area contributed by atoms with Crippen molar-refractivity contribution in [1.82, 2.24) is 0 Å². The molecule has 0 aromatic carbocycles. The van der Waals surface area contributed by atoms with Gasteiger partial charge in [-0.1, -0.05) is 12.2 Å². The Labute approximate surface area is 66.7 Å². The molecule has 1 heteroatoms. The molecular formula is C10H12O. The Kier molecular flexibility index (Phi) is 1.08. The molecule has 0 radical (unpaired) electrons. The highest BCUT2D eigenvalue weighted by molar-refractivity contribution is 5.40. The predicted molar refractivity (Wildman–Crippen MR) is 43.2 cm³/mol. The van der Waals surface area contributed by atoms with Gasteiger partial charge >= 0.3 is 0 Å². The molecule has 2 aliphatic carbocycles. The summed E-state index contributed by atoms with van der Waals surface area (Å²) >= 11 is 0. The molecule has 0 N–H and O–H groups in total. The maximum absolute atomic E-state index is 5.40. The molecule has 2 atom stereocenters. The summed E-state index contributed by atoms with van der Waals surface area (Å²) in [7, 11) is 0. The van der Waals surface area contributed by atoms with Gasteiger partial charge in [0.05, 0.1) is 13.2 Å². The standard InChI is InChI=1S/C10H12O/c1-2-11-6-10-5-9-4-8(9)3-7(1)10/h3,5,8-9H,1-2,4,6H2. The van der Waals surface area contributed by atoms with Crippen molar-refractivity contribution in [2.75, 3.05) is 13.2 Å². The topological polar surface area (TPSA) is 9.23 Å². The minimum absolute atomic E-state index is 0.870. The molecule has 1 aliphatic heterocycles. The Balaban J connectivity index is 1.96. The van der Waals surface area contributed by atoms with E-state index in [0.717, 1.165) is 31.5 Å². The van der Waals surface area contributed by atoms with Crippen LogP contribution in [0.3, 0.4) is 0 Å². The van der Waals surface area contributed by atoms with Crippen LogP contribution in [0.15, 0.2) is 23.3 Å². The summed E-state index contributed by atoms with van der Waals surface area (Å²) in [6.07, 6.45) is 7.45. The molecule has 3 aliphatic rings. The SMILES string of the molecule is C1=C2CCOCC2=CC2CC12. The van der Waals surface area contributed by atoms with Crippen LogP contribution in [-0.2, 0) is 4.74 Å². The predicted octanol–water partition coefficient (Wildman–Crippen LogP) is 1.91. The first-order valence-corrected chi connectivity index (χ1v) is 4.43. The Morgan fingerprint density at radius 3 is 2.91 bits per heavy atom. The third-order valence-corrected chi connectivity index (χ3v) is 2.91. The van der Waals surface area contributed by atoms with E-state index < -0.39 is 0 Å². The number of rotatable bonds is 0. The molecule has 11 heavy (non-hydrogen) atoms. The lowest BCUT2D eigenvalue weighted by atomic mass is 9.95. The van der Waals surface area contributed by atoms with Gasteiger partial charge in [0.2, 0.25) is 0 Å². The molecule has 2 fully saturated rings. The van der Waals surface area contributed by atoms with Crippen LogP contribution in [0, 0.1) is 11.8 Å². The summed E-state index contributed by atoms with van der Waals surface area (Å²) in [5.41, 5.74) is 3.06. The van der Waals surface area contributed by atoms with Crippen LogP contribution in [0.2, 0.25) is 0 Å². The fourth-order valence-electron chi connectivity index (χ4n) is 2.10. The van der Waals surface area contributed by atoms with E-state index in [1.807, 2.05) is 0 Å². The average molecular weight is 148 g/mol. The highest BCUT2D eigenvalue weighted by atomic mass is 16.5. The largest absolute Gasteiger partial charge is 0.376 e. The van der Waals surface area contributed by atoms with Crippen LogP contribution >= 0.6 is 0 Å². The Hall–Kier alpha value is -0.560. The fraction of sp³-hybridized carbons (Fsp3) is 0.600. The maximum Gasteiger partial charge on any atom is 0.0716 e. The van der Waals surface area contributed by atoms with Gasteiger partial charge in [0.25, 0.3) is 0 Å². The maximum atomic E-state index is 5.40. The molecule has 1 heterocycles. The molecule has 1 saturated carbocycles. The minimum Gasteiger partial charge on any atom is -0.376 e. The summed E-state index contributed by atoms with van der Waals surface area (Å²) in [5, 5.41) is 0. The van der Waals surface area contributed by atoms with E-state index >= 15 is 0 Å². The zero-order valence-electron chi connectivity index (χ0n) is 6.55. The van der Waals surface area contributed by atoms with Crippen molar-refractivity contribution in [1.29, 1.82) is 0 Å². The van der Waals surface area contributed by atoms with Crippen molar-refractivity contribution >= 4 is 0 Å². The quantitative estimate of drug-likeness (QED) is 0.510. The first-order chi connectivity index (χ1) is 5.43. The highest BCUT2D eigenvalue weighted by Gasteiger charge is 2.37. The van der Waals surface area contributed by atoms with Gasteiger partial charge in [-0.25, -0.2) is 0 Å². The van der Waals surface area contributed by atoms with Crippen LogP contribution in [-0.4, -0.2) is 13.2 Å². The van der Waals surface area contributed by atoms with Crippen LogP contribution in [0.4, 0.5) is 0 Å². The van der Waals surface area contributed by atoms with E-state index in [1.54, 1.807) is 5.57 Å². The van der Waals surface area contributed by atoms with E-state index in [-0.39, 0.29) is 0 Å². The third-order valence-electron chi connectivity index (χ3n) is 2.91. The molecular weight excluding hydrogens is 136 g/mol. The second-order valence-electron chi connectivity index (χ2n) is 3.75. The summed E-state index contributed by atoms with van der Waals surface area (Å²) in [6.45, 7) is 1.80. The monoisotopic (exact) mass is 148 g/mol. The van der Waals surface area contributed by atoms with Crippen molar-refractivity contribution in [3.63, 3.8) is 0 Å². The summed E-state index contributed by atoms with van der Waals surface area (Å²) in [6, 6.07) is 0. The molecule has 0 aromatic rings. The fourth-order valence-corrected chi connectivity index (χ4v) is 2.10. The summed E-state index contributed by atoms with van der Waals surface area (Å²) < 4.78 is 5.40. The molecule has 1 nitrogen and oxygen atoms in total. The molecule has 0 bridgehead atoms. The van der Waals surface area contributed by atoms with Gasteiger partial charge in [-0.15, -0.1) is 0 Å². The van der Waals surface area contributed by atoms with E-state index in [9.17, 15) is 0 Å². The lowest BCUT2D eigenvalue weighted by Gasteiger charge is -2.21. The summed E-state index contributed by atoms with van der Waals surface area (Å²) in [4.78, 5) is 0. The zero-order valence-corrected chi connectivity index (χ0v) is 6.55. The second kappa shape index (κ2) is 1.98. The van der Waals surface area contributed by atoms with Gasteiger partial charge in [-0.2, -0.15) is 0 Å². The third kappa shape index (κ3) is 0.875. The van der Waals surface area contributed by atoms with E-state index in [1.165, 1.54) is 12.0 Å². The lowest BCUT2D eigenvalue weighted by molar-refractivity contribution is 0.145. The summed E-state index contributed by atoms with van der Waals surface area (Å²) in [5.74, 6) is 1.79.